The van der Waals surface area contributed by atoms with Gasteiger partial charge in [0, 0.05) is 16.9 Å². The summed E-state index contributed by atoms with van der Waals surface area (Å²) >= 11 is 0. The minimum absolute atomic E-state index is 0.128. The van der Waals surface area contributed by atoms with Gasteiger partial charge in [-0.15, -0.1) is 0 Å². The van der Waals surface area contributed by atoms with E-state index in [0.717, 1.165) is 11.1 Å². The monoisotopic (exact) mass is 466 g/mol. The number of rotatable bonds is 3. The molecule has 182 valence electrons. The molecule has 0 saturated carbocycles. The van der Waals surface area contributed by atoms with Crippen LogP contribution in [0.4, 0.5) is 0 Å². The molecular weight excluding hydrogens is 432 g/mol. The van der Waals surface area contributed by atoms with Crippen LogP contribution in [0.5, 0.6) is 5.75 Å². The van der Waals surface area contributed by atoms with Crippen molar-refractivity contribution in [1.82, 2.24) is 0 Å². The number of aryl methyl sites for hydroxylation is 1. The topological polar surface area (TPSA) is 112 Å². The molecule has 1 aromatic rings. The van der Waals surface area contributed by atoms with Crippen molar-refractivity contribution < 1.29 is 29.7 Å². The fourth-order valence-corrected chi connectivity index (χ4v) is 7.40. The van der Waals surface area contributed by atoms with E-state index in [1.807, 2.05) is 40.7 Å². The van der Waals surface area contributed by atoms with Crippen LogP contribution in [0.3, 0.4) is 0 Å². The molecule has 0 aromatic heterocycles. The molecule has 4 rings (SSSR count). The standard InChI is InChI=1S/C28H34O6/c1-8-15-9-10-17(30)19-16(15)11-26(5)12-27(6)20(13(2)3)22(31)18(14(4)29)24(33)28(27,7)25(34)21(26)23(19)32/h9-10,13,20,30-31,34H,8,11-12H2,1-7H3/t20?,26-,27-,28-/m1/s1. The fraction of sp³-hybridized carbons (Fsp3) is 0.536. The number of fused-ring (bicyclic) bond motifs is 3. The Hall–Kier alpha value is -2.89. The highest BCUT2D eigenvalue weighted by atomic mass is 16.3. The van der Waals surface area contributed by atoms with Crippen molar-refractivity contribution in [2.24, 2.45) is 28.1 Å². The Labute approximate surface area is 200 Å². The van der Waals surface area contributed by atoms with Gasteiger partial charge >= 0.3 is 0 Å². The van der Waals surface area contributed by atoms with Gasteiger partial charge in [-0.1, -0.05) is 40.7 Å². The number of carbonyl (C=O) groups excluding carboxylic acids is 3. The van der Waals surface area contributed by atoms with Crippen LogP contribution in [0.2, 0.25) is 0 Å². The lowest BCUT2D eigenvalue weighted by atomic mass is 9.41. The second-order valence-corrected chi connectivity index (χ2v) is 11.3. The SMILES string of the molecule is CCc1ccc(O)c2c1C[C@]1(C)C[C@]3(C)C(C(C)C)C(O)=C(C(C)=O)C(=O)[C@]3(C)C(O)=C1C2=O. The maximum Gasteiger partial charge on any atom is 0.196 e. The van der Waals surface area contributed by atoms with Crippen molar-refractivity contribution >= 4 is 17.3 Å². The molecule has 6 nitrogen and oxygen atoms in total. The maximum absolute atomic E-state index is 13.9. The molecule has 3 N–H and O–H groups in total. The van der Waals surface area contributed by atoms with Crippen LogP contribution >= 0.6 is 0 Å². The zero-order chi connectivity index (χ0) is 25.5. The van der Waals surface area contributed by atoms with Gasteiger partial charge in [0.15, 0.2) is 17.3 Å². The lowest BCUT2D eigenvalue weighted by molar-refractivity contribution is -0.146. The third-order valence-electron chi connectivity index (χ3n) is 8.94. The zero-order valence-corrected chi connectivity index (χ0v) is 21.0. The first-order valence-corrected chi connectivity index (χ1v) is 12.0. The second-order valence-electron chi connectivity index (χ2n) is 11.3. The summed E-state index contributed by atoms with van der Waals surface area (Å²) in [6.07, 6.45) is 1.45. The highest BCUT2D eigenvalue weighted by Gasteiger charge is 2.69. The van der Waals surface area contributed by atoms with E-state index in [1.165, 1.54) is 13.0 Å². The number of ketones is 3. The first-order valence-electron chi connectivity index (χ1n) is 12.0. The van der Waals surface area contributed by atoms with Crippen LogP contribution in [0.25, 0.3) is 0 Å². The van der Waals surface area contributed by atoms with Crippen LogP contribution in [-0.2, 0) is 22.4 Å². The minimum atomic E-state index is -1.57. The average Bonchev–Trinajstić information content (AvgIpc) is 2.70. The molecule has 0 fully saturated rings. The van der Waals surface area contributed by atoms with E-state index in [2.05, 4.69) is 0 Å². The van der Waals surface area contributed by atoms with Crippen molar-refractivity contribution in [3.05, 3.63) is 51.5 Å². The highest BCUT2D eigenvalue weighted by molar-refractivity contribution is 6.24. The number of Topliss-reactive ketones (excluding diaryl/α,β-unsaturated/α-hetero) is 3. The van der Waals surface area contributed by atoms with Gasteiger partial charge < -0.3 is 15.3 Å². The van der Waals surface area contributed by atoms with Gasteiger partial charge in [-0.05, 0) is 61.6 Å². The Bertz CT molecular complexity index is 1220. The van der Waals surface area contributed by atoms with Crippen molar-refractivity contribution in [3.8, 4) is 5.75 Å². The third kappa shape index (κ3) is 2.71. The fourth-order valence-electron chi connectivity index (χ4n) is 7.40. The van der Waals surface area contributed by atoms with E-state index in [9.17, 15) is 29.7 Å². The minimum Gasteiger partial charge on any atom is -0.511 e. The summed E-state index contributed by atoms with van der Waals surface area (Å²) in [5.41, 5.74) is -1.61. The molecule has 0 heterocycles. The van der Waals surface area contributed by atoms with Crippen molar-refractivity contribution in [2.45, 2.75) is 67.7 Å². The summed E-state index contributed by atoms with van der Waals surface area (Å²) in [4.78, 5) is 40.2. The van der Waals surface area contributed by atoms with E-state index in [-0.39, 0.29) is 39.9 Å². The van der Waals surface area contributed by atoms with Crippen LogP contribution < -0.4 is 0 Å². The summed E-state index contributed by atoms with van der Waals surface area (Å²) < 4.78 is 0. The van der Waals surface area contributed by atoms with E-state index in [0.29, 0.717) is 19.3 Å². The quantitative estimate of drug-likeness (QED) is 0.529. The number of phenolic OH excluding ortho intramolecular Hbond substituents is 1. The molecule has 4 atom stereocenters. The Morgan fingerprint density at radius 3 is 2.26 bits per heavy atom. The molecule has 0 amide bonds. The molecule has 1 unspecified atom stereocenters. The molecule has 0 radical (unpaired) electrons. The van der Waals surface area contributed by atoms with Crippen molar-refractivity contribution in [1.29, 1.82) is 0 Å². The Balaban J connectivity index is 2.09. The van der Waals surface area contributed by atoms with Gasteiger partial charge in [-0.3, -0.25) is 14.4 Å². The Morgan fingerprint density at radius 2 is 1.74 bits per heavy atom. The summed E-state index contributed by atoms with van der Waals surface area (Å²) in [6, 6.07) is 3.32. The Morgan fingerprint density at radius 1 is 1.12 bits per heavy atom. The van der Waals surface area contributed by atoms with E-state index >= 15 is 0 Å². The van der Waals surface area contributed by atoms with E-state index in [1.54, 1.807) is 6.92 Å². The summed E-state index contributed by atoms with van der Waals surface area (Å²) in [6.45, 7) is 12.5. The van der Waals surface area contributed by atoms with Crippen molar-refractivity contribution in [2.75, 3.05) is 0 Å². The van der Waals surface area contributed by atoms with Gasteiger partial charge in [0.05, 0.1) is 16.6 Å². The number of carbonyl (C=O) groups is 3. The number of phenols is 1. The molecule has 6 heteroatoms. The van der Waals surface area contributed by atoms with Gasteiger partial charge in [-0.2, -0.15) is 0 Å². The van der Waals surface area contributed by atoms with Gasteiger partial charge in [0.2, 0.25) is 0 Å². The molecule has 3 aliphatic rings. The van der Waals surface area contributed by atoms with E-state index in [4.69, 9.17) is 0 Å². The number of aliphatic hydroxyl groups excluding tert-OH is 2. The highest BCUT2D eigenvalue weighted by Crippen LogP contribution is 2.68. The normalized spacial score (nSPS) is 33.1. The molecule has 0 aliphatic heterocycles. The molecule has 0 spiro atoms. The molecule has 34 heavy (non-hydrogen) atoms. The Kier molecular flexibility index (Phi) is 5.21. The van der Waals surface area contributed by atoms with Crippen LogP contribution in [0, 0.1) is 28.1 Å². The number of aliphatic hydroxyl groups is 2. The average molecular weight is 467 g/mol. The van der Waals surface area contributed by atoms with Gasteiger partial charge in [0.25, 0.3) is 0 Å². The first kappa shape index (κ1) is 24.2. The predicted octanol–water partition coefficient (Wildman–Crippen LogP) is 5.18. The maximum atomic E-state index is 13.9. The molecule has 3 aliphatic carbocycles. The lowest BCUT2D eigenvalue weighted by Crippen LogP contribution is -2.62. The zero-order valence-electron chi connectivity index (χ0n) is 21.0. The number of hydrogen-bond acceptors (Lipinski definition) is 6. The van der Waals surface area contributed by atoms with Crippen LogP contribution in [0.1, 0.15) is 76.4 Å². The van der Waals surface area contributed by atoms with Crippen LogP contribution in [0.15, 0.2) is 34.8 Å². The molecule has 0 bridgehead atoms. The van der Waals surface area contributed by atoms with Crippen LogP contribution in [-0.4, -0.2) is 32.7 Å². The van der Waals surface area contributed by atoms with Gasteiger partial charge in [0.1, 0.15) is 17.3 Å². The summed E-state index contributed by atoms with van der Waals surface area (Å²) in [7, 11) is 0. The van der Waals surface area contributed by atoms with Crippen molar-refractivity contribution in [3.63, 3.8) is 0 Å². The van der Waals surface area contributed by atoms with Gasteiger partial charge in [-0.25, -0.2) is 0 Å². The molecule has 0 saturated heterocycles. The number of allylic oxidation sites excluding steroid dienone is 4. The molecule has 1 aromatic carbocycles. The second kappa shape index (κ2) is 7.30. The third-order valence-corrected chi connectivity index (χ3v) is 8.94. The predicted molar refractivity (Wildman–Crippen MR) is 128 cm³/mol. The number of aromatic hydroxyl groups is 1. The summed E-state index contributed by atoms with van der Waals surface area (Å²) in [5.74, 6) is -3.11. The smallest absolute Gasteiger partial charge is 0.196 e. The largest absolute Gasteiger partial charge is 0.511 e. The lowest BCUT2D eigenvalue weighted by Gasteiger charge is -2.60. The van der Waals surface area contributed by atoms with E-state index < -0.39 is 39.5 Å². The first-order chi connectivity index (χ1) is 15.7. The number of hydrogen-bond donors (Lipinski definition) is 3. The molecular formula is C28H34O6. The summed E-state index contributed by atoms with van der Waals surface area (Å²) in [5, 5.41) is 33.6. The number of benzene rings is 1.